The molecule has 0 fully saturated rings. The third kappa shape index (κ3) is 3.47. The summed E-state index contributed by atoms with van der Waals surface area (Å²) < 4.78 is 53.8. The number of nitrogens with zero attached hydrogens (tertiary/aromatic N) is 7. The summed E-state index contributed by atoms with van der Waals surface area (Å²) >= 11 is 0. The zero-order chi connectivity index (χ0) is 21.6. The van der Waals surface area contributed by atoms with Crippen molar-refractivity contribution >= 4 is 22.0 Å². The smallest absolute Gasteiger partial charge is 0.310 e. The first kappa shape index (κ1) is 20.1. The van der Waals surface area contributed by atoms with Crippen molar-refractivity contribution in [3.05, 3.63) is 42.1 Å². The minimum atomic E-state index is -4.67. The fourth-order valence-electron chi connectivity index (χ4n) is 2.95. The Morgan fingerprint density at radius 2 is 1.93 bits per heavy atom. The molecule has 0 aliphatic carbocycles. The Kier molecular flexibility index (Phi) is 4.88. The molecule has 0 radical (unpaired) electrons. The van der Waals surface area contributed by atoms with E-state index in [1.165, 1.54) is 6.07 Å². The Bertz CT molecular complexity index is 1280. The van der Waals surface area contributed by atoms with Gasteiger partial charge < -0.3 is 4.57 Å². The first-order valence-corrected chi connectivity index (χ1v) is 10.2. The van der Waals surface area contributed by atoms with Gasteiger partial charge in [0, 0.05) is 19.0 Å². The maximum Gasteiger partial charge on any atom is 0.453 e. The molecule has 0 spiro atoms. The minimum Gasteiger partial charge on any atom is -0.310 e. The topological polar surface area (TPSA) is 91.4 Å². The number of halogens is 3. The molecule has 0 saturated heterocycles. The Morgan fingerprint density at radius 1 is 1.17 bits per heavy atom. The Balaban J connectivity index is 1.91. The molecular formula is C18H16F3N7OS. The van der Waals surface area contributed by atoms with Gasteiger partial charge in [0.05, 0.1) is 15.7 Å². The summed E-state index contributed by atoms with van der Waals surface area (Å²) in [6.45, 7) is 3.65. The van der Waals surface area contributed by atoms with Crippen molar-refractivity contribution in [1.29, 1.82) is 0 Å². The fourth-order valence-corrected chi connectivity index (χ4v) is 3.84. The molecule has 0 amide bonds. The summed E-state index contributed by atoms with van der Waals surface area (Å²) in [7, 11) is 0.375. The van der Waals surface area contributed by atoms with Crippen molar-refractivity contribution in [2.75, 3.05) is 5.75 Å². The number of imidazole rings is 1. The van der Waals surface area contributed by atoms with E-state index in [9.17, 15) is 17.4 Å². The maximum absolute atomic E-state index is 12.9. The molecule has 156 valence electrons. The lowest BCUT2D eigenvalue weighted by molar-refractivity contribution is -0.144. The molecule has 0 aliphatic rings. The van der Waals surface area contributed by atoms with E-state index < -0.39 is 22.8 Å². The second-order valence-corrected chi connectivity index (χ2v) is 8.22. The second-order valence-electron chi connectivity index (χ2n) is 6.51. The zero-order valence-corrected chi connectivity index (χ0v) is 17.0. The predicted molar refractivity (Wildman–Crippen MR) is 103 cm³/mol. The molecule has 12 heteroatoms. The van der Waals surface area contributed by atoms with Gasteiger partial charge in [-0.15, -0.1) is 5.10 Å². The van der Waals surface area contributed by atoms with E-state index >= 15 is 0 Å². The fraction of sp³-hybridized carbons (Fsp3) is 0.278. The summed E-state index contributed by atoms with van der Waals surface area (Å²) in [5.41, 5.74) is 2.45. The zero-order valence-electron chi connectivity index (χ0n) is 16.2. The monoisotopic (exact) mass is 435 g/mol. The quantitative estimate of drug-likeness (QED) is 0.489. The molecule has 30 heavy (non-hydrogen) atoms. The highest BCUT2D eigenvalue weighted by molar-refractivity contribution is 7.85. The van der Waals surface area contributed by atoms with Gasteiger partial charge in [0.1, 0.15) is 17.5 Å². The van der Waals surface area contributed by atoms with Gasteiger partial charge >= 0.3 is 6.18 Å². The van der Waals surface area contributed by atoms with Crippen LogP contribution in [-0.4, -0.2) is 44.2 Å². The molecule has 1 unspecified atom stereocenters. The standard InChI is InChI=1S/C18H16F3N7OS/c1-4-30(29)12-5-6-13(28-9-23-17(26-28)18(19,20)21)25-14(12)16-24-11-7-10(2)8-22-15(11)27(16)3/h5-9H,4H2,1-3H3. The molecule has 4 heterocycles. The van der Waals surface area contributed by atoms with Crippen molar-refractivity contribution in [2.45, 2.75) is 24.9 Å². The van der Waals surface area contributed by atoms with Crippen LogP contribution in [0.1, 0.15) is 18.3 Å². The molecule has 1 atom stereocenters. The second kappa shape index (κ2) is 7.27. The number of hydrogen-bond acceptors (Lipinski definition) is 6. The number of aryl methyl sites for hydroxylation is 2. The minimum absolute atomic E-state index is 0.0982. The lowest BCUT2D eigenvalue weighted by atomic mass is 10.3. The van der Waals surface area contributed by atoms with Gasteiger partial charge in [-0.25, -0.2) is 24.6 Å². The number of rotatable bonds is 4. The van der Waals surface area contributed by atoms with E-state index in [-0.39, 0.29) is 11.5 Å². The van der Waals surface area contributed by atoms with Crippen LogP contribution >= 0.6 is 0 Å². The third-order valence-corrected chi connectivity index (χ3v) is 5.73. The molecule has 4 aromatic heterocycles. The van der Waals surface area contributed by atoms with Crippen molar-refractivity contribution in [1.82, 2.24) is 34.3 Å². The van der Waals surface area contributed by atoms with Gasteiger partial charge in [-0.3, -0.25) is 4.21 Å². The van der Waals surface area contributed by atoms with E-state index in [1.807, 2.05) is 13.0 Å². The van der Waals surface area contributed by atoms with Crippen molar-refractivity contribution in [3.8, 4) is 17.3 Å². The summed E-state index contributed by atoms with van der Waals surface area (Å²) in [5, 5.41) is 3.46. The van der Waals surface area contributed by atoms with E-state index in [2.05, 4.69) is 25.0 Å². The van der Waals surface area contributed by atoms with Gasteiger partial charge in [0.25, 0.3) is 5.82 Å². The molecule has 0 aromatic carbocycles. The molecule has 4 rings (SSSR count). The Morgan fingerprint density at radius 3 is 2.60 bits per heavy atom. The van der Waals surface area contributed by atoms with Gasteiger partial charge in [-0.1, -0.05) is 6.92 Å². The van der Waals surface area contributed by atoms with Crippen LogP contribution in [0.15, 0.2) is 35.6 Å². The molecule has 0 bridgehead atoms. The number of aromatic nitrogens is 7. The van der Waals surface area contributed by atoms with E-state index in [0.29, 0.717) is 27.6 Å². The van der Waals surface area contributed by atoms with Crippen LogP contribution in [0.5, 0.6) is 0 Å². The largest absolute Gasteiger partial charge is 0.453 e. The van der Waals surface area contributed by atoms with E-state index in [0.717, 1.165) is 16.6 Å². The highest BCUT2D eigenvalue weighted by Gasteiger charge is 2.36. The maximum atomic E-state index is 12.9. The molecule has 8 nitrogen and oxygen atoms in total. The van der Waals surface area contributed by atoms with Gasteiger partial charge in [-0.2, -0.15) is 13.2 Å². The summed E-state index contributed by atoms with van der Waals surface area (Å²) in [6, 6.07) is 4.87. The third-order valence-electron chi connectivity index (χ3n) is 4.39. The van der Waals surface area contributed by atoms with Crippen LogP contribution in [-0.2, 0) is 24.0 Å². The molecule has 0 saturated carbocycles. The van der Waals surface area contributed by atoms with Gasteiger partial charge in [0.2, 0.25) is 0 Å². The van der Waals surface area contributed by atoms with Crippen molar-refractivity contribution < 1.29 is 17.4 Å². The lowest BCUT2D eigenvalue weighted by Gasteiger charge is -2.10. The number of fused-ring (bicyclic) bond motifs is 1. The van der Waals surface area contributed by atoms with Crippen LogP contribution in [0, 0.1) is 6.92 Å². The van der Waals surface area contributed by atoms with Crippen LogP contribution in [0.4, 0.5) is 13.2 Å². The SMILES string of the molecule is CCS(=O)c1ccc(-n2cnc(C(F)(F)F)n2)nc1-c1nc2cc(C)cnc2n1C. The van der Waals surface area contributed by atoms with Crippen molar-refractivity contribution in [3.63, 3.8) is 0 Å². The Labute approximate surface area is 171 Å². The molecule has 4 aromatic rings. The number of alkyl halides is 3. The summed E-state index contributed by atoms with van der Waals surface area (Å²) in [5.74, 6) is -0.426. The predicted octanol–water partition coefficient (Wildman–Crippen LogP) is 3.07. The normalized spacial score (nSPS) is 13.1. The first-order valence-electron chi connectivity index (χ1n) is 8.87. The van der Waals surface area contributed by atoms with Crippen LogP contribution in [0.2, 0.25) is 0 Å². The molecule has 0 N–H and O–H groups in total. The highest BCUT2D eigenvalue weighted by Crippen LogP contribution is 2.29. The average molecular weight is 435 g/mol. The highest BCUT2D eigenvalue weighted by atomic mass is 32.2. The van der Waals surface area contributed by atoms with E-state index in [1.54, 1.807) is 30.8 Å². The van der Waals surface area contributed by atoms with Gasteiger partial charge in [0.15, 0.2) is 17.3 Å². The first-order chi connectivity index (χ1) is 14.2. The van der Waals surface area contributed by atoms with Crippen LogP contribution < -0.4 is 0 Å². The summed E-state index contributed by atoms with van der Waals surface area (Å²) in [6.07, 6.45) is -2.03. The Hall–Kier alpha value is -3.15. The molecule has 0 aliphatic heterocycles. The number of pyridine rings is 2. The van der Waals surface area contributed by atoms with E-state index in [4.69, 9.17) is 0 Å². The molecular weight excluding hydrogens is 419 g/mol. The van der Waals surface area contributed by atoms with Crippen LogP contribution in [0.25, 0.3) is 28.5 Å². The average Bonchev–Trinajstić information content (AvgIpc) is 3.32. The van der Waals surface area contributed by atoms with Gasteiger partial charge in [-0.05, 0) is 30.7 Å². The summed E-state index contributed by atoms with van der Waals surface area (Å²) in [4.78, 5) is 17.1. The number of hydrogen-bond donors (Lipinski definition) is 0. The lowest BCUT2D eigenvalue weighted by Crippen LogP contribution is -2.10. The van der Waals surface area contributed by atoms with Crippen LogP contribution in [0.3, 0.4) is 0 Å². The van der Waals surface area contributed by atoms with Crippen molar-refractivity contribution in [2.24, 2.45) is 7.05 Å².